The fourth-order valence-electron chi connectivity index (χ4n) is 2.51. The molecule has 0 heterocycles. The Labute approximate surface area is 156 Å². The van der Waals surface area contributed by atoms with E-state index in [-0.39, 0.29) is 0 Å². The van der Waals surface area contributed by atoms with Crippen LogP contribution in [-0.4, -0.2) is 19.8 Å². The highest BCUT2D eigenvalue weighted by molar-refractivity contribution is 6.32. The van der Waals surface area contributed by atoms with Gasteiger partial charge in [-0.15, -0.1) is 0 Å². The highest BCUT2D eigenvalue weighted by atomic mass is 35.5. The summed E-state index contributed by atoms with van der Waals surface area (Å²) in [5.74, 6) is 1.62. The average molecular weight is 362 g/mol. The number of benzene rings is 2. The summed E-state index contributed by atoms with van der Waals surface area (Å²) in [5, 5.41) is 3.98. The van der Waals surface area contributed by atoms with Crippen LogP contribution in [0.5, 0.6) is 11.5 Å². The Morgan fingerprint density at radius 2 is 1.72 bits per heavy atom. The quantitative estimate of drug-likeness (QED) is 0.458. The minimum Gasteiger partial charge on any atom is -0.494 e. The van der Waals surface area contributed by atoms with E-state index in [1.54, 1.807) is 0 Å². The predicted molar refractivity (Wildman–Crippen MR) is 106 cm³/mol. The number of halogens is 1. The molecular weight excluding hydrogens is 334 g/mol. The maximum Gasteiger partial charge on any atom is 0.137 e. The first-order chi connectivity index (χ1) is 12.3. The van der Waals surface area contributed by atoms with Gasteiger partial charge >= 0.3 is 0 Å². The Bertz CT molecular complexity index is 618. The highest BCUT2D eigenvalue weighted by Gasteiger charge is 2.00. The summed E-state index contributed by atoms with van der Waals surface area (Å²) < 4.78 is 11.5. The molecule has 0 unspecified atom stereocenters. The third-order valence-electron chi connectivity index (χ3n) is 3.88. The van der Waals surface area contributed by atoms with Gasteiger partial charge in [-0.25, -0.2) is 0 Å². The molecule has 0 saturated heterocycles. The average Bonchev–Trinajstić information content (AvgIpc) is 2.63. The van der Waals surface area contributed by atoms with E-state index in [0.29, 0.717) is 23.9 Å². The third-order valence-corrected chi connectivity index (χ3v) is 4.19. The lowest BCUT2D eigenvalue weighted by Crippen LogP contribution is -2.11. The van der Waals surface area contributed by atoms with Crippen LogP contribution in [0.25, 0.3) is 0 Å². The monoisotopic (exact) mass is 361 g/mol. The zero-order valence-corrected chi connectivity index (χ0v) is 15.7. The SMILES string of the molecule is CCCCCCCOc1cccc(NCCOc2ccccc2Cl)c1. The van der Waals surface area contributed by atoms with Crippen LogP contribution in [0, 0.1) is 0 Å². The third kappa shape index (κ3) is 7.70. The molecule has 2 rings (SSSR count). The number of anilines is 1. The number of hydrogen-bond donors (Lipinski definition) is 1. The molecule has 136 valence electrons. The zero-order valence-electron chi connectivity index (χ0n) is 15.0. The Morgan fingerprint density at radius 3 is 2.56 bits per heavy atom. The lowest BCUT2D eigenvalue weighted by molar-refractivity contribution is 0.304. The number of nitrogens with one attached hydrogen (secondary N) is 1. The number of unbranched alkanes of at least 4 members (excludes halogenated alkanes) is 4. The van der Waals surface area contributed by atoms with Crippen molar-refractivity contribution in [1.82, 2.24) is 0 Å². The number of rotatable bonds is 12. The summed E-state index contributed by atoms with van der Waals surface area (Å²) >= 11 is 6.07. The summed E-state index contributed by atoms with van der Waals surface area (Å²) in [7, 11) is 0. The minimum absolute atomic E-state index is 0.548. The lowest BCUT2D eigenvalue weighted by Gasteiger charge is -2.11. The smallest absolute Gasteiger partial charge is 0.137 e. The first-order valence-electron chi connectivity index (χ1n) is 9.13. The maximum absolute atomic E-state index is 6.07. The van der Waals surface area contributed by atoms with Gasteiger partial charge in [0.25, 0.3) is 0 Å². The highest BCUT2D eigenvalue weighted by Crippen LogP contribution is 2.23. The van der Waals surface area contributed by atoms with E-state index < -0.39 is 0 Å². The van der Waals surface area contributed by atoms with Crippen LogP contribution in [0.3, 0.4) is 0 Å². The van der Waals surface area contributed by atoms with E-state index in [2.05, 4.69) is 12.2 Å². The van der Waals surface area contributed by atoms with Gasteiger partial charge in [-0.3, -0.25) is 0 Å². The van der Waals surface area contributed by atoms with Crippen molar-refractivity contribution in [1.29, 1.82) is 0 Å². The molecular formula is C21H28ClNO2. The first kappa shape index (κ1) is 19.5. The van der Waals surface area contributed by atoms with Crippen LogP contribution in [0.1, 0.15) is 39.0 Å². The van der Waals surface area contributed by atoms with Crippen molar-refractivity contribution >= 4 is 17.3 Å². The largest absolute Gasteiger partial charge is 0.494 e. The molecule has 3 nitrogen and oxygen atoms in total. The second-order valence-electron chi connectivity index (χ2n) is 6.00. The fraction of sp³-hybridized carbons (Fsp3) is 0.429. The topological polar surface area (TPSA) is 30.5 Å². The van der Waals surface area contributed by atoms with Gasteiger partial charge < -0.3 is 14.8 Å². The predicted octanol–water partition coefficient (Wildman–Crippen LogP) is 6.18. The van der Waals surface area contributed by atoms with Crippen LogP contribution < -0.4 is 14.8 Å². The Morgan fingerprint density at radius 1 is 0.880 bits per heavy atom. The van der Waals surface area contributed by atoms with Crippen molar-refractivity contribution in [2.24, 2.45) is 0 Å². The normalized spacial score (nSPS) is 10.5. The lowest BCUT2D eigenvalue weighted by atomic mass is 10.2. The van der Waals surface area contributed by atoms with E-state index in [0.717, 1.165) is 24.5 Å². The van der Waals surface area contributed by atoms with Crippen molar-refractivity contribution < 1.29 is 9.47 Å². The molecule has 2 aromatic carbocycles. The second kappa shape index (κ2) is 11.6. The summed E-state index contributed by atoms with van der Waals surface area (Å²) in [5.41, 5.74) is 1.03. The summed E-state index contributed by atoms with van der Waals surface area (Å²) in [6.45, 7) is 4.26. The summed E-state index contributed by atoms with van der Waals surface area (Å²) in [6, 6.07) is 15.6. The molecule has 0 aliphatic rings. The van der Waals surface area contributed by atoms with Gasteiger partial charge in [0.15, 0.2) is 0 Å². The van der Waals surface area contributed by atoms with E-state index in [1.165, 1.54) is 25.7 Å². The molecule has 0 radical (unpaired) electrons. The molecule has 0 amide bonds. The molecule has 0 aliphatic carbocycles. The van der Waals surface area contributed by atoms with E-state index in [4.69, 9.17) is 21.1 Å². The van der Waals surface area contributed by atoms with Crippen LogP contribution >= 0.6 is 11.6 Å². The molecule has 0 bridgehead atoms. The van der Waals surface area contributed by atoms with E-state index >= 15 is 0 Å². The second-order valence-corrected chi connectivity index (χ2v) is 6.40. The summed E-state index contributed by atoms with van der Waals surface area (Å²) in [6.07, 6.45) is 6.24. The van der Waals surface area contributed by atoms with Gasteiger partial charge in [0.1, 0.15) is 18.1 Å². The molecule has 0 aromatic heterocycles. The van der Waals surface area contributed by atoms with Crippen molar-refractivity contribution in [2.75, 3.05) is 25.1 Å². The molecule has 4 heteroatoms. The van der Waals surface area contributed by atoms with Crippen molar-refractivity contribution in [3.63, 3.8) is 0 Å². The van der Waals surface area contributed by atoms with Crippen molar-refractivity contribution in [3.8, 4) is 11.5 Å². The molecule has 25 heavy (non-hydrogen) atoms. The van der Waals surface area contributed by atoms with E-state index in [9.17, 15) is 0 Å². The van der Waals surface area contributed by atoms with Gasteiger partial charge in [0, 0.05) is 18.3 Å². The zero-order chi connectivity index (χ0) is 17.7. The molecule has 1 N–H and O–H groups in total. The molecule has 0 saturated carbocycles. The molecule has 0 fully saturated rings. The van der Waals surface area contributed by atoms with Gasteiger partial charge in [-0.2, -0.15) is 0 Å². The number of para-hydroxylation sites is 1. The standard InChI is InChI=1S/C21H28ClNO2/c1-2-3-4-5-8-15-24-19-11-9-10-18(17-19)23-14-16-25-21-13-7-6-12-20(21)22/h6-7,9-13,17,23H,2-5,8,14-16H2,1H3. The van der Waals surface area contributed by atoms with Crippen LogP contribution in [0.2, 0.25) is 5.02 Å². The van der Waals surface area contributed by atoms with Gasteiger partial charge in [-0.1, -0.05) is 62.4 Å². The fourth-order valence-corrected chi connectivity index (χ4v) is 2.70. The number of hydrogen-bond acceptors (Lipinski definition) is 3. The Hall–Kier alpha value is -1.87. The first-order valence-corrected chi connectivity index (χ1v) is 9.51. The number of ether oxygens (including phenoxy) is 2. The minimum atomic E-state index is 0.548. The van der Waals surface area contributed by atoms with Gasteiger partial charge in [0.05, 0.1) is 11.6 Å². The van der Waals surface area contributed by atoms with Crippen LogP contribution in [-0.2, 0) is 0 Å². The maximum atomic E-state index is 6.07. The molecule has 2 aromatic rings. The van der Waals surface area contributed by atoms with Gasteiger partial charge in [-0.05, 0) is 30.7 Å². The van der Waals surface area contributed by atoms with Crippen molar-refractivity contribution in [2.45, 2.75) is 39.0 Å². The van der Waals surface area contributed by atoms with Crippen LogP contribution in [0.4, 0.5) is 5.69 Å². The summed E-state index contributed by atoms with van der Waals surface area (Å²) in [4.78, 5) is 0. The van der Waals surface area contributed by atoms with Crippen molar-refractivity contribution in [3.05, 3.63) is 53.6 Å². The van der Waals surface area contributed by atoms with E-state index in [1.807, 2.05) is 48.5 Å². The Balaban J connectivity index is 1.66. The molecule has 0 atom stereocenters. The van der Waals surface area contributed by atoms with Crippen LogP contribution in [0.15, 0.2) is 48.5 Å². The molecule has 0 aliphatic heterocycles. The van der Waals surface area contributed by atoms with Gasteiger partial charge in [0.2, 0.25) is 0 Å². The molecule has 0 spiro atoms. The Kier molecular flexibility index (Phi) is 9.06.